The molecule has 150 valence electrons. The monoisotopic (exact) mass is 402 g/mol. The maximum absolute atomic E-state index is 12.3. The van der Waals surface area contributed by atoms with Crippen molar-refractivity contribution in [2.45, 2.75) is 24.5 Å². The number of aliphatic hydroxyl groups excluding tert-OH is 1. The van der Waals surface area contributed by atoms with Crippen LogP contribution in [-0.4, -0.2) is 80.9 Å². The van der Waals surface area contributed by atoms with E-state index in [1.54, 1.807) is 0 Å². The first-order valence-corrected chi connectivity index (χ1v) is 8.46. The maximum atomic E-state index is 12.3. The molecule has 0 aliphatic rings. The van der Waals surface area contributed by atoms with Crippen LogP contribution in [0.25, 0.3) is 0 Å². The molecule has 0 bridgehead atoms. The summed E-state index contributed by atoms with van der Waals surface area (Å²) in [5.41, 5.74) is 6.14. The lowest BCUT2D eigenvalue weighted by Crippen LogP contribution is -2.54. The summed E-state index contributed by atoms with van der Waals surface area (Å²) in [5.74, 6) is -3.44. The van der Waals surface area contributed by atoms with Crippen LogP contribution in [-0.2, 0) is 25.6 Å². The maximum Gasteiger partial charge on any atom is 0.328 e. The largest absolute Gasteiger partial charge is 0.480 e. The molecule has 13 heteroatoms. The van der Waals surface area contributed by atoms with Gasteiger partial charge in [-0.3, -0.25) is 14.4 Å². The molecule has 12 nitrogen and oxygen atoms in total. The van der Waals surface area contributed by atoms with Crippen LogP contribution in [0.2, 0.25) is 0 Å². The van der Waals surface area contributed by atoms with Crippen molar-refractivity contribution in [1.29, 1.82) is 0 Å². The molecule has 3 atom stereocenters. The van der Waals surface area contributed by atoms with Crippen LogP contribution in [0.4, 0.5) is 0 Å². The van der Waals surface area contributed by atoms with Crippen LogP contribution in [0.3, 0.4) is 0 Å². The number of rotatable bonds is 11. The molecule has 0 saturated carbocycles. The highest BCUT2D eigenvalue weighted by atomic mass is 32.1. The van der Waals surface area contributed by atoms with Crippen molar-refractivity contribution in [2.24, 2.45) is 5.73 Å². The van der Waals surface area contributed by atoms with E-state index in [2.05, 4.69) is 33.2 Å². The molecule has 0 spiro atoms. The summed E-state index contributed by atoms with van der Waals surface area (Å²) in [6.07, 6.45) is 2.93. The first kappa shape index (κ1) is 22.4. The fourth-order valence-electron chi connectivity index (χ4n) is 1.91. The van der Waals surface area contributed by atoms with Crippen molar-refractivity contribution in [3.8, 4) is 0 Å². The third-order valence-electron chi connectivity index (χ3n) is 3.38. The molecule has 0 radical (unpaired) electrons. The number of thiol groups is 1. The first-order valence-electron chi connectivity index (χ1n) is 7.83. The van der Waals surface area contributed by atoms with Gasteiger partial charge in [0.05, 0.1) is 25.5 Å². The molecule has 3 unspecified atom stereocenters. The van der Waals surface area contributed by atoms with Crippen LogP contribution in [0.15, 0.2) is 12.5 Å². The number of aromatic amines is 1. The molecule has 1 aromatic heterocycles. The summed E-state index contributed by atoms with van der Waals surface area (Å²) in [6, 6.07) is -3.46. The van der Waals surface area contributed by atoms with E-state index < -0.39 is 55.0 Å². The topological polar surface area (TPSA) is 200 Å². The smallest absolute Gasteiger partial charge is 0.328 e. The van der Waals surface area contributed by atoms with Gasteiger partial charge in [0.15, 0.2) is 0 Å². The van der Waals surface area contributed by atoms with Crippen LogP contribution < -0.4 is 21.7 Å². The number of hydrogen-bond acceptors (Lipinski definition) is 8. The Kier molecular flexibility index (Phi) is 9.25. The average Bonchev–Trinajstić information content (AvgIpc) is 3.15. The zero-order valence-corrected chi connectivity index (χ0v) is 15.1. The van der Waals surface area contributed by atoms with Crippen LogP contribution >= 0.6 is 12.6 Å². The standard InChI is InChI=1S/C14H22N6O6S/c15-8(5-27)12(23)20-9(1-7-2-16-6-18-7)13(24)17-3-11(22)19-10(4-21)14(25)26/h2,6,8-10,21,27H,1,3-5,15H2,(H,16,18)(H,17,24)(H,19,22)(H,20,23)(H,25,26). The summed E-state index contributed by atoms with van der Waals surface area (Å²) in [5, 5.41) is 24.4. The molecule has 1 rings (SSSR count). The molecule has 3 amide bonds. The van der Waals surface area contributed by atoms with Gasteiger partial charge in [0, 0.05) is 24.1 Å². The Hall–Kier alpha value is -2.64. The number of aliphatic carboxylic acids is 1. The SMILES string of the molecule is NC(CS)C(=O)NC(Cc1cnc[nH]1)C(=O)NCC(=O)NC(CO)C(=O)O. The number of nitrogens with one attached hydrogen (secondary N) is 4. The minimum absolute atomic E-state index is 0.0624. The van der Waals surface area contributed by atoms with Gasteiger partial charge >= 0.3 is 5.97 Å². The van der Waals surface area contributed by atoms with E-state index in [0.29, 0.717) is 5.69 Å². The van der Waals surface area contributed by atoms with E-state index in [1.807, 2.05) is 5.32 Å². The highest BCUT2D eigenvalue weighted by Crippen LogP contribution is 2.00. The van der Waals surface area contributed by atoms with E-state index in [9.17, 15) is 19.2 Å². The van der Waals surface area contributed by atoms with Gasteiger partial charge in [0.25, 0.3) is 0 Å². The number of hydrogen-bond donors (Lipinski definition) is 8. The Morgan fingerprint density at radius 3 is 2.44 bits per heavy atom. The Balaban J connectivity index is 2.68. The highest BCUT2D eigenvalue weighted by molar-refractivity contribution is 7.80. The summed E-state index contributed by atoms with van der Waals surface area (Å²) in [6.45, 7) is -1.34. The number of amides is 3. The third-order valence-corrected chi connectivity index (χ3v) is 3.78. The Morgan fingerprint density at radius 2 is 1.93 bits per heavy atom. The molecule has 0 aromatic carbocycles. The number of carbonyl (C=O) groups is 4. The highest BCUT2D eigenvalue weighted by Gasteiger charge is 2.25. The predicted molar refractivity (Wildman–Crippen MR) is 95.7 cm³/mol. The van der Waals surface area contributed by atoms with E-state index in [0.717, 1.165) is 0 Å². The van der Waals surface area contributed by atoms with Gasteiger partial charge < -0.3 is 36.9 Å². The molecule has 0 fully saturated rings. The quantitative estimate of drug-likeness (QED) is 0.173. The number of aromatic nitrogens is 2. The average molecular weight is 402 g/mol. The van der Waals surface area contributed by atoms with Gasteiger partial charge in [0.2, 0.25) is 17.7 Å². The van der Waals surface area contributed by atoms with E-state index in [4.69, 9.17) is 15.9 Å². The first-order chi connectivity index (χ1) is 12.8. The van der Waals surface area contributed by atoms with Crippen molar-refractivity contribution >= 4 is 36.3 Å². The van der Waals surface area contributed by atoms with Crippen LogP contribution in [0.1, 0.15) is 5.69 Å². The minimum atomic E-state index is -1.48. The van der Waals surface area contributed by atoms with Gasteiger partial charge in [-0.25, -0.2) is 9.78 Å². The number of carbonyl (C=O) groups excluding carboxylic acids is 3. The van der Waals surface area contributed by atoms with Crippen molar-refractivity contribution in [3.05, 3.63) is 18.2 Å². The van der Waals surface area contributed by atoms with Crippen LogP contribution in [0.5, 0.6) is 0 Å². The minimum Gasteiger partial charge on any atom is -0.480 e. The lowest BCUT2D eigenvalue weighted by Gasteiger charge is -2.20. The molecular formula is C14H22N6O6S. The number of nitrogens with zero attached hydrogens (tertiary/aromatic N) is 1. The number of carboxylic acids is 1. The second-order valence-electron chi connectivity index (χ2n) is 5.49. The summed E-state index contributed by atoms with van der Waals surface area (Å²) in [7, 11) is 0. The molecule has 0 saturated heterocycles. The molecular weight excluding hydrogens is 380 g/mol. The second kappa shape index (κ2) is 11.2. The number of nitrogens with two attached hydrogens (primary N) is 1. The molecule has 0 aliphatic heterocycles. The van der Waals surface area contributed by atoms with Crippen molar-refractivity contribution in [1.82, 2.24) is 25.9 Å². The van der Waals surface area contributed by atoms with Crippen molar-refractivity contribution < 1.29 is 29.4 Å². The predicted octanol–water partition coefficient (Wildman–Crippen LogP) is -3.63. The van der Waals surface area contributed by atoms with Gasteiger partial charge in [-0.05, 0) is 0 Å². The van der Waals surface area contributed by atoms with E-state index in [1.165, 1.54) is 12.5 Å². The fraction of sp³-hybridized carbons (Fsp3) is 0.500. The lowest BCUT2D eigenvalue weighted by molar-refractivity contribution is -0.142. The number of imidazole rings is 1. The summed E-state index contributed by atoms with van der Waals surface area (Å²) < 4.78 is 0. The van der Waals surface area contributed by atoms with Crippen LogP contribution in [0, 0.1) is 0 Å². The number of H-pyrrole nitrogens is 1. The molecule has 8 N–H and O–H groups in total. The van der Waals surface area contributed by atoms with Crippen molar-refractivity contribution in [2.75, 3.05) is 18.9 Å². The summed E-state index contributed by atoms with van der Waals surface area (Å²) >= 11 is 3.92. The molecule has 27 heavy (non-hydrogen) atoms. The van der Waals surface area contributed by atoms with E-state index in [-0.39, 0.29) is 12.2 Å². The normalized spacial score (nSPS) is 13.9. The number of aliphatic hydroxyl groups is 1. The molecule has 0 aliphatic carbocycles. The van der Waals surface area contributed by atoms with E-state index >= 15 is 0 Å². The Labute approximate surface area is 159 Å². The van der Waals surface area contributed by atoms with Gasteiger partial charge in [0.1, 0.15) is 12.1 Å². The Bertz CT molecular complexity index is 655. The lowest BCUT2D eigenvalue weighted by atomic mass is 10.1. The third kappa shape index (κ3) is 7.64. The number of carboxylic acid groups (broad SMARTS) is 1. The molecule has 1 heterocycles. The Morgan fingerprint density at radius 1 is 1.22 bits per heavy atom. The second-order valence-corrected chi connectivity index (χ2v) is 5.86. The zero-order chi connectivity index (χ0) is 20.4. The summed E-state index contributed by atoms with van der Waals surface area (Å²) in [4.78, 5) is 53.4. The van der Waals surface area contributed by atoms with Gasteiger partial charge in [-0.1, -0.05) is 0 Å². The van der Waals surface area contributed by atoms with Gasteiger partial charge in [-0.15, -0.1) is 0 Å². The van der Waals surface area contributed by atoms with Crippen molar-refractivity contribution in [3.63, 3.8) is 0 Å². The fourth-order valence-corrected chi connectivity index (χ4v) is 2.07. The molecule has 1 aromatic rings. The van der Waals surface area contributed by atoms with Gasteiger partial charge in [-0.2, -0.15) is 12.6 Å². The zero-order valence-electron chi connectivity index (χ0n) is 14.2.